The van der Waals surface area contributed by atoms with E-state index in [1.54, 1.807) is 36.4 Å². The van der Waals surface area contributed by atoms with E-state index < -0.39 is 17.7 Å². The topological polar surface area (TPSA) is 109 Å². The van der Waals surface area contributed by atoms with Gasteiger partial charge in [-0.2, -0.15) is 5.10 Å². The summed E-state index contributed by atoms with van der Waals surface area (Å²) in [5.74, 6) is -1.65. The van der Waals surface area contributed by atoms with Crippen molar-refractivity contribution in [2.45, 2.75) is 19.8 Å². The van der Waals surface area contributed by atoms with Crippen LogP contribution in [0.25, 0.3) is 0 Å². The van der Waals surface area contributed by atoms with Crippen LogP contribution in [0.2, 0.25) is 10.0 Å². The first-order valence-electron chi connectivity index (χ1n) is 9.48. The molecule has 0 saturated heterocycles. The van der Waals surface area contributed by atoms with Crippen LogP contribution in [0.15, 0.2) is 47.6 Å². The van der Waals surface area contributed by atoms with E-state index in [-0.39, 0.29) is 6.61 Å². The number of anilines is 1. The fraction of sp³-hybridized carbons (Fsp3) is 0.238. The molecule has 0 atom stereocenters. The SMILES string of the molecule is CCCCNC(=O)C(=O)N/N=C\c1ccccc1OCC(=O)Nc1ccc(Cl)c(Cl)c1. The number of benzene rings is 2. The van der Waals surface area contributed by atoms with Gasteiger partial charge in [-0.05, 0) is 36.8 Å². The van der Waals surface area contributed by atoms with Crippen LogP contribution in [0.3, 0.4) is 0 Å². The highest BCUT2D eigenvalue weighted by Crippen LogP contribution is 2.25. The fourth-order valence-corrected chi connectivity index (χ4v) is 2.60. The van der Waals surface area contributed by atoms with E-state index >= 15 is 0 Å². The van der Waals surface area contributed by atoms with E-state index in [0.29, 0.717) is 33.6 Å². The fourth-order valence-electron chi connectivity index (χ4n) is 2.30. The third-order valence-electron chi connectivity index (χ3n) is 3.87. The van der Waals surface area contributed by atoms with Gasteiger partial charge in [0, 0.05) is 17.8 Å². The Kier molecular flexibility index (Phi) is 9.80. The highest BCUT2D eigenvalue weighted by Gasteiger charge is 2.11. The number of para-hydroxylation sites is 1. The van der Waals surface area contributed by atoms with Gasteiger partial charge < -0.3 is 15.4 Å². The summed E-state index contributed by atoms with van der Waals surface area (Å²) in [5, 5.41) is 9.62. The molecule has 0 aliphatic heterocycles. The van der Waals surface area contributed by atoms with Crippen LogP contribution in [-0.2, 0) is 14.4 Å². The molecule has 164 valence electrons. The van der Waals surface area contributed by atoms with Gasteiger partial charge in [-0.25, -0.2) is 5.43 Å². The highest BCUT2D eigenvalue weighted by molar-refractivity contribution is 6.42. The summed E-state index contributed by atoms with van der Waals surface area (Å²) in [6, 6.07) is 11.5. The Morgan fingerprint density at radius 3 is 2.58 bits per heavy atom. The van der Waals surface area contributed by atoms with Crippen LogP contribution in [0.1, 0.15) is 25.3 Å². The van der Waals surface area contributed by atoms with E-state index in [9.17, 15) is 14.4 Å². The minimum Gasteiger partial charge on any atom is -0.483 e. The Bertz CT molecular complexity index is 966. The lowest BCUT2D eigenvalue weighted by Gasteiger charge is -2.10. The molecule has 8 nitrogen and oxygen atoms in total. The maximum atomic E-state index is 12.1. The van der Waals surface area contributed by atoms with Crippen molar-refractivity contribution in [3.05, 3.63) is 58.1 Å². The van der Waals surface area contributed by atoms with Crippen molar-refractivity contribution in [2.24, 2.45) is 5.10 Å². The Morgan fingerprint density at radius 2 is 1.84 bits per heavy atom. The van der Waals surface area contributed by atoms with E-state index in [0.717, 1.165) is 12.8 Å². The highest BCUT2D eigenvalue weighted by atomic mass is 35.5. The number of carbonyl (C=O) groups excluding carboxylic acids is 3. The van der Waals surface area contributed by atoms with Crippen molar-refractivity contribution < 1.29 is 19.1 Å². The second-order valence-electron chi connectivity index (χ2n) is 6.31. The maximum Gasteiger partial charge on any atom is 0.329 e. The van der Waals surface area contributed by atoms with Gasteiger partial charge in [0.15, 0.2) is 6.61 Å². The van der Waals surface area contributed by atoms with E-state index in [4.69, 9.17) is 27.9 Å². The molecule has 0 unspecified atom stereocenters. The smallest absolute Gasteiger partial charge is 0.329 e. The zero-order valence-corrected chi connectivity index (χ0v) is 18.3. The second kappa shape index (κ2) is 12.6. The van der Waals surface area contributed by atoms with Crippen LogP contribution in [0.5, 0.6) is 5.75 Å². The number of halogens is 2. The number of hydrogen-bond donors (Lipinski definition) is 3. The van der Waals surface area contributed by atoms with Gasteiger partial charge in [0.05, 0.1) is 16.3 Å². The average Bonchev–Trinajstić information content (AvgIpc) is 2.75. The summed E-state index contributed by atoms with van der Waals surface area (Å²) in [7, 11) is 0. The summed E-state index contributed by atoms with van der Waals surface area (Å²) < 4.78 is 5.54. The third-order valence-corrected chi connectivity index (χ3v) is 4.61. The van der Waals surface area contributed by atoms with E-state index in [1.807, 2.05) is 6.92 Å². The van der Waals surface area contributed by atoms with Gasteiger partial charge >= 0.3 is 11.8 Å². The summed E-state index contributed by atoms with van der Waals surface area (Å²) >= 11 is 11.8. The molecule has 0 spiro atoms. The molecule has 0 saturated carbocycles. The molecule has 0 aliphatic carbocycles. The van der Waals surface area contributed by atoms with Crippen molar-refractivity contribution >= 4 is 52.8 Å². The largest absolute Gasteiger partial charge is 0.483 e. The zero-order chi connectivity index (χ0) is 22.6. The molecular weight excluding hydrogens is 443 g/mol. The van der Waals surface area contributed by atoms with Gasteiger partial charge in [-0.15, -0.1) is 0 Å². The molecule has 0 radical (unpaired) electrons. The van der Waals surface area contributed by atoms with Crippen LogP contribution in [-0.4, -0.2) is 37.1 Å². The molecule has 3 amide bonds. The Morgan fingerprint density at radius 1 is 1.06 bits per heavy atom. The summed E-state index contributed by atoms with van der Waals surface area (Å²) in [5.41, 5.74) is 3.15. The predicted molar refractivity (Wildman–Crippen MR) is 121 cm³/mol. The molecule has 0 bridgehead atoms. The molecule has 3 N–H and O–H groups in total. The number of hydrogen-bond acceptors (Lipinski definition) is 5. The number of amides is 3. The van der Waals surface area contributed by atoms with Gasteiger partial charge in [-0.1, -0.05) is 48.7 Å². The number of carbonyl (C=O) groups is 3. The van der Waals surface area contributed by atoms with Crippen molar-refractivity contribution in [1.82, 2.24) is 10.7 Å². The van der Waals surface area contributed by atoms with Crippen molar-refractivity contribution in [3.63, 3.8) is 0 Å². The molecule has 0 heterocycles. The van der Waals surface area contributed by atoms with E-state index in [1.165, 1.54) is 12.3 Å². The Hall–Kier alpha value is -3.10. The summed E-state index contributed by atoms with van der Waals surface area (Å²) in [6.45, 7) is 2.14. The predicted octanol–water partition coefficient (Wildman–Crippen LogP) is 3.38. The first kappa shape index (κ1) is 24.2. The van der Waals surface area contributed by atoms with Crippen LogP contribution >= 0.6 is 23.2 Å². The molecule has 0 aromatic heterocycles. The minimum atomic E-state index is -0.869. The summed E-state index contributed by atoms with van der Waals surface area (Å²) in [6.07, 6.45) is 3.01. The quantitative estimate of drug-likeness (QED) is 0.228. The van der Waals surface area contributed by atoms with E-state index in [2.05, 4.69) is 21.2 Å². The van der Waals surface area contributed by atoms with Crippen molar-refractivity contribution in [3.8, 4) is 5.75 Å². The van der Waals surface area contributed by atoms with Gasteiger partial charge in [0.25, 0.3) is 5.91 Å². The standard InChI is InChI=1S/C21H22Cl2N4O4/c1-2-3-10-24-20(29)21(30)27-25-12-14-6-4-5-7-18(14)31-13-19(28)26-15-8-9-16(22)17(23)11-15/h4-9,11-12H,2-3,10,13H2,1H3,(H,24,29)(H,26,28)(H,27,30)/b25-12-. The first-order valence-corrected chi connectivity index (χ1v) is 10.2. The number of unbranched alkanes of at least 4 members (excludes halogenated alkanes) is 1. The van der Waals surface area contributed by atoms with Crippen molar-refractivity contribution in [1.29, 1.82) is 0 Å². The number of ether oxygens (including phenoxy) is 1. The lowest BCUT2D eigenvalue weighted by atomic mass is 10.2. The van der Waals surface area contributed by atoms with Gasteiger partial charge in [0.2, 0.25) is 0 Å². The number of nitrogens with one attached hydrogen (secondary N) is 3. The lowest BCUT2D eigenvalue weighted by molar-refractivity contribution is -0.139. The average molecular weight is 465 g/mol. The van der Waals surface area contributed by atoms with Crippen LogP contribution in [0, 0.1) is 0 Å². The first-order chi connectivity index (χ1) is 14.9. The Balaban J connectivity index is 1.88. The van der Waals surface area contributed by atoms with Crippen molar-refractivity contribution in [2.75, 3.05) is 18.5 Å². The molecule has 0 aliphatic rings. The maximum absolute atomic E-state index is 12.1. The molecule has 2 rings (SSSR count). The minimum absolute atomic E-state index is 0.267. The molecule has 0 fully saturated rings. The number of hydrazone groups is 1. The zero-order valence-electron chi connectivity index (χ0n) is 16.8. The molecule has 2 aromatic rings. The van der Waals surface area contributed by atoms with Crippen LogP contribution in [0.4, 0.5) is 5.69 Å². The van der Waals surface area contributed by atoms with Crippen LogP contribution < -0.4 is 20.8 Å². The molecule has 31 heavy (non-hydrogen) atoms. The monoisotopic (exact) mass is 464 g/mol. The second-order valence-corrected chi connectivity index (χ2v) is 7.13. The van der Waals surface area contributed by atoms with Gasteiger partial charge in [0.1, 0.15) is 5.75 Å². The molecular formula is C21H22Cl2N4O4. The number of rotatable bonds is 9. The number of nitrogens with zero attached hydrogens (tertiary/aromatic N) is 1. The molecule has 10 heteroatoms. The normalized spacial score (nSPS) is 10.5. The lowest BCUT2D eigenvalue weighted by Crippen LogP contribution is -2.38. The van der Waals surface area contributed by atoms with Gasteiger partial charge in [-0.3, -0.25) is 14.4 Å². The molecule has 2 aromatic carbocycles. The Labute approximate surface area is 189 Å². The summed E-state index contributed by atoms with van der Waals surface area (Å²) in [4.78, 5) is 35.5. The third kappa shape index (κ3) is 8.27.